The zero-order valence-electron chi connectivity index (χ0n) is 19.3. The summed E-state index contributed by atoms with van der Waals surface area (Å²) in [6, 6.07) is 9.27. The van der Waals surface area contributed by atoms with E-state index in [-0.39, 0.29) is 0 Å². The van der Waals surface area contributed by atoms with Crippen molar-refractivity contribution in [1.29, 1.82) is 0 Å². The maximum atomic E-state index is 7.18. The van der Waals surface area contributed by atoms with Gasteiger partial charge >= 0.3 is 9.28 Å². The molecule has 5 heteroatoms. The Labute approximate surface area is 169 Å². The largest absolute Gasteiger partial charge is 0.438 e. The van der Waals surface area contributed by atoms with Crippen molar-refractivity contribution in [3.8, 4) is 0 Å². The molecule has 0 aliphatic carbocycles. The van der Waals surface area contributed by atoms with Gasteiger partial charge < -0.3 is 8.23 Å². The van der Waals surface area contributed by atoms with Crippen molar-refractivity contribution < 1.29 is 8.23 Å². The minimum atomic E-state index is -1.61. The van der Waals surface area contributed by atoms with Crippen LogP contribution in [0.3, 0.4) is 0 Å². The predicted octanol–water partition coefficient (Wildman–Crippen LogP) is 8.00. The van der Waals surface area contributed by atoms with Gasteiger partial charge in [-0.3, -0.25) is 0 Å². The van der Waals surface area contributed by atoms with E-state index in [1.165, 1.54) is 87.3 Å². The van der Waals surface area contributed by atoms with Crippen LogP contribution in [0.5, 0.6) is 0 Å². The maximum absolute atomic E-state index is 7.18. The molecule has 0 radical (unpaired) electrons. The highest BCUT2D eigenvalue weighted by Crippen LogP contribution is 2.33. The molecule has 158 valence electrons. The second-order valence-corrected chi connectivity index (χ2v) is 19.4. The molecule has 0 saturated heterocycles. The quantitative estimate of drug-likeness (QED) is 0.210. The molecule has 26 heavy (non-hydrogen) atoms. The van der Waals surface area contributed by atoms with E-state index >= 15 is 0 Å². The van der Waals surface area contributed by atoms with E-state index in [1.54, 1.807) is 0 Å². The van der Waals surface area contributed by atoms with Gasteiger partial charge in [-0.15, -0.1) is 0 Å². The van der Waals surface area contributed by atoms with E-state index in [2.05, 4.69) is 48.5 Å². The summed E-state index contributed by atoms with van der Waals surface area (Å²) in [5.74, 6) is 0. The molecule has 0 aliphatic rings. The summed E-state index contributed by atoms with van der Waals surface area (Å²) in [4.78, 5) is 0. The summed E-state index contributed by atoms with van der Waals surface area (Å²) in [5, 5.41) is 0. The fraction of sp³-hybridized carbons (Fsp3) is 1.00. The molecule has 0 heterocycles. The van der Waals surface area contributed by atoms with Crippen molar-refractivity contribution in [3.05, 3.63) is 0 Å². The summed E-state index contributed by atoms with van der Waals surface area (Å²) in [6.07, 6.45) is 8.89. The van der Waals surface area contributed by atoms with Gasteiger partial charge in [-0.1, -0.05) is 93.4 Å². The predicted molar refractivity (Wildman–Crippen MR) is 127 cm³/mol. The highest BCUT2D eigenvalue weighted by molar-refractivity contribution is 6.84. The van der Waals surface area contributed by atoms with Crippen LogP contribution in [0.25, 0.3) is 0 Å². The lowest BCUT2D eigenvalue weighted by atomic mass is 10.6. The Kier molecular flexibility index (Phi) is 15.8. The lowest BCUT2D eigenvalue weighted by Gasteiger charge is -2.40. The van der Waals surface area contributed by atoms with E-state index < -0.39 is 25.9 Å². The summed E-state index contributed by atoms with van der Waals surface area (Å²) < 4.78 is 14.4. The molecule has 0 bridgehead atoms. The average molecular weight is 419 g/mol. The fourth-order valence-corrected chi connectivity index (χ4v) is 21.1. The number of rotatable bonds is 18. The zero-order valence-corrected chi connectivity index (χ0v) is 22.4. The van der Waals surface area contributed by atoms with Crippen molar-refractivity contribution >= 4 is 25.9 Å². The van der Waals surface area contributed by atoms with E-state index in [0.717, 1.165) is 0 Å². The highest BCUT2D eigenvalue weighted by Gasteiger charge is 2.40. The third-order valence-electron chi connectivity index (χ3n) is 5.52. The van der Waals surface area contributed by atoms with E-state index in [4.69, 9.17) is 8.23 Å². The van der Waals surface area contributed by atoms with E-state index in [0.29, 0.717) is 0 Å². The van der Waals surface area contributed by atoms with Gasteiger partial charge in [-0.05, 0) is 42.3 Å². The first-order valence-corrected chi connectivity index (χ1v) is 18.7. The molecular weight excluding hydrogens is 368 g/mol. The van der Waals surface area contributed by atoms with Crippen LogP contribution >= 0.6 is 0 Å². The summed E-state index contributed by atoms with van der Waals surface area (Å²) in [7, 11) is -4.76. The Morgan fingerprint density at radius 1 is 0.462 bits per heavy atom. The normalized spacial score (nSPS) is 12.9. The Hall–Kier alpha value is 0.571. The van der Waals surface area contributed by atoms with Gasteiger partial charge in [0.1, 0.15) is 0 Å². The van der Waals surface area contributed by atoms with Gasteiger partial charge in [-0.25, -0.2) is 0 Å². The molecule has 0 spiro atoms. The summed E-state index contributed by atoms with van der Waals surface area (Å²) in [6.45, 7) is 16.4. The first-order chi connectivity index (χ1) is 12.5. The lowest BCUT2D eigenvalue weighted by molar-refractivity contribution is 0.390. The van der Waals surface area contributed by atoms with Crippen molar-refractivity contribution in [2.75, 3.05) is 0 Å². The topological polar surface area (TPSA) is 18.5 Å². The van der Waals surface area contributed by atoms with Crippen molar-refractivity contribution in [3.63, 3.8) is 0 Å². The van der Waals surface area contributed by atoms with Crippen LogP contribution in [0.1, 0.15) is 93.4 Å². The molecule has 0 N–H and O–H groups in total. The molecule has 0 aromatic heterocycles. The first kappa shape index (κ1) is 26.6. The Bertz CT molecular complexity index is 264. The third-order valence-corrected chi connectivity index (χ3v) is 21.1. The molecule has 0 saturated carbocycles. The fourth-order valence-electron chi connectivity index (χ4n) is 4.77. The molecule has 0 aromatic carbocycles. The lowest BCUT2D eigenvalue weighted by Crippen LogP contribution is -2.50. The SMILES string of the molecule is CCC[SiH](O[Si](CCC)(CCC)CCC)O[Si](CCC)(CCC)CCC. The van der Waals surface area contributed by atoms with Crippen LogP contribution < -0.4 is 0 Å². The molecular formula is C21H50O2Si3. The summed E-state index contributed by atoms with van der Waals surface area (Å²) in [5.41, 5.74) is 0. The van der Waals surface area contributed by atoms with Crippen molar-refractivity contribution in [2.45, 2.75) is 136 Å². The smallest absolute Gasteiger partial charge is 0.300 e. The van der Waals surface area contributed by atoms with E-state index in [9.17, 15) is 0 Å². The second-order valence-electron chi connectivity index (χ2n) is 8.32. The van der Waals surface area contributed by atoms with Crippen LogP contribution in [0.2, 0.25) is 42.3 Å². The standard InChI is InChI=1S/C21H50O2Si3/c1-8-15-24(22-25(16-9-2,17-10-3)18-11-4)23-26(19-12-5,20-13-6)21-14-7/h24H,8-21H2,1-7H3. The van der Waals surface area contributed by atoms with Gasteiger partial charge in [-0.2, -0.15) is 0 Å². The van der Waals surface area contributed by atoms with Gasteiger partial charge in [0.15, 0.2) is 16.6 Å². The molecule has 0 unspecified atom stereocenters. The minimum absolute atomic E-state index is 1.22. The van der Waals surface area contributed by atoms with Gasteiger partial charge in [0.2, 0.25) is 0 Å². The molecule has 0 amide bonds. The van der Waals surface area contributed by atoms with Crippen LogP contribution in [0.15, 0.2) is 0 Å². The first-order valence-electron chi connectivity index (χ1n) is 11.9. The molecule has 0 fully saturated rings. The monoisotopic (exact) mass is 418 g/mol. The Morgan fingerprint density at radius 3 is 0.923 bits per heavy atom. The Morgan fingerprint density at radius 2 is 0.731 bits per heavy atom. The van der Waals surface area contributed by atoms with Crippen molar-refractivity contribution in [2.24, 2.45) is 0 Å². The van der Waals surface area contributed by atoms with Crippen LogP contribution in [0, 0.1) is 0 Å². The minimum Gasteiger partial charge on any atom is -0.438 e. The van der Waals surface area contributed by atoms with Crippen LogP contribution in [-0.4, -0.2) is 25.9 Å². The van der Waals surface area contributed by atoms with Gasteiger partial charge in [0.05, 0.1) is 0 Å². The number of hydrogen-bond acceptors (Lipinski definition) is 2. The molecule has 2 nitrogen and oxygen atoms in total. The Balaban J connectivity index is 5.47. The van der Waals surface area contributed by atoms with Crippen molar-refractivity contribution in [1.82, 2.24) is 0 Å². The molecule has 0 aromatic rings. The van der Waals surface area contributed by atoms with Crippen LogP contribution in [-0.2, 0) is 8.23 Å². The molecule has 0 rings (SSSR count). The van der Waals surface area contributed by atoms with Gasteiger partial charge in [0, 0.05) is 0 Å². The summed E-state index contributed by atoms with van der Waals surface area (Å²) >= 11 is 0. The second kappa shape index (κ2) is 15.5. The number of hydrogen-bond donors (Lipinski definition) is 0. The zero-order chi connectivity index (χ0) is 19.9. The van der Waals surface area contributed by atoms with Gasteiger partial charge in [0.25, 0.3) is 0 Å². The highest BCUT2D eigenvalue weighted by atomic mass is 28.4. The average Bonchev–Trinajstić information content (AvgIpc) is 2.56. The maximum Gasteiger partial charge on any atom is 0.300 e. The van der Waals surface area contributed by atoms with E-state index in [1.807, 2.05) is 0 Å². The van der Waals surface area contributed by atoms with Crippen LogP contribution in [0.4, 0.5) is 0 Å². The molecule has 0 aliphatic heterocycles. The molecule has 0 atom stereocenters. The third kappa shape index (κ3) is 9.67.